The molecule has 1 aliphatic carbocycles. The summed E-state index contributed by atoms with van der Waals surface area (Å²) in [5.41, 5.74) is 0. The van der Waals surface area contributed by atoms with Crippen LogP contribution in [0.1, 0.15) is 25.7 Å². The summed E-state index contributed by atoms with van der Waals surface area (Å²) in [6.07, 6.45) is 3.03. The SMILES string of the molecule is O=S(=O)(c1ccccc1)N1B(Br)N(S(=O)(=O)c2ccccc2)[C@@H]2CCCC[C@H]21. The van der Waals surface area contributed by atoms with E-state index in [4.69, 9.17) is 0 Å². The molecule has 2 aliphatic rings. The average molecular weight is 483 g/mol. The number of hydrogen-bond donors (Lipinski definition) is 0. The molecule has 1 heterocycles. The highest BCUT2D eigenvalue weighted by atomic mass is 79.9. The van der Waals surface area contributed by atoms with Crippen molar-refractivity contribution in [2.45, 2.75) is 47.6 Å². The van der Waals surface area contributed by atoms with E-state index in [0.717, 1.165) is 12.8 Å². The second-order valence-corrected chi connectivity index (χ2v) is 11.5. The van der Waals surface area contributed by atoms with Gasteiger partial charge in [-0.15, -0.1) is 15.8 Å². The molecule has 0 unspecified atom stereocenters. The van der Waals surface area contributed by atoms with E-state index in [2.05, 4.69) is 15.8 Å². The number of fused-ring (bicyclic) bond motifs is 1. The fraction of sp³-hybridized carbons (Fsp3) is 0.333. The molecule has 2 aromatic carbocycles. The van der Waals surface area contributed by atoms with Crippen molar-refractivity contribution in [3.05, 3.63) is 60.7 Å². The highest BCUT2D eigenvalue weighted by Gasteiger charge is 2.58. The molecule has 0 amide bonds. The van der Waals surface area contributed by atoms with Crippen molar-refractivity contribution in [2.75, 3.05) is 0 Å². The summed E-state index contributed by atoms with van der Waals surface area (Å²) in [5.74, 6) is -0.962. The van der Waals surface area contributed by atoms with E-state index in [1.54, 1.807) is 60.7 Å². The van der Waals surface area contributed by atoms with E-state index in [1.165, 1.54) is 8.43 Å². The predicted octanol–water partition coefficient (Wildman–Crippen LogP) is 3.07. The molecular formula is C18H20BBrN2O4S2. The van der Waals surface area contributed by atoms with Gasteiger partial charge in [-0.1, -0.05) is 49.2 Å². The lowest BCUT2D eigenvalue weighted by Gasteiger charge is -2.32. The Balaban J connectivity index is 1.81. The zero-order valence-electron chi connectivity index (χ0n) is 15.1. The Hall–Kier alpha value is -1.20. The Morgan fingerprint density at radius 2 is 1.07 bits per heavy atom. The van der Waals surface area contributed by atoms with Crippen molar-refractivity contribution < 1.29 is 16.8 Å². The summed E-state index contributed by atoms with van der Waals surface area (Å²) < 4.78 is 56.2. The van der Waals surface area contributed by atoms with Crippen LogP contribution in [0.5, 0.6) is 0 Å². The van der Waals surface area contributed by atoms with Gasteiger partial charge in [0.2, 0.25) is 20.0 Å². The fourth-order valence-corrected chi connectivity index (χ4v) is 9.47. The number of halogens is 1. The summed E-state index contributed by atoms with van der Waals surface area (Å²) in [7, 11) is -7.71. The third kappa shape index (κ3) is 3.25. The Bertz CT molecular complexity index is 966. The Labute approximate surface area is 174 Å². The zero-order chi connectivity index (χ0) is 19.9. The molecule has 0 N–H and O–H groups in total. The molecule has 4 rings (SSSR count). The third-order valence-electron chi connectivity index (χ3n) is 5.40. The molecule has 0 bridgehead atoms. The third-order valence-corrected chi connectivity index (χ3v) is 10.6. The molecule has 1 aliphatic heterocycles. The van der Waals surface area contributed by atoms with Gasteiger partial charge in [0.05, 0.1) is 9.79 Å². The van der Waals surface area contributed by atoms with Crippen molar-refractivity contribution in [1.82, 2.24) is 8.43 Å². The van der Waals surface area contributed by atoms with Crippen molar-refractivity contribution in [3.8, 4) is 0 Å². The van der Waals surface area contributed by atoms with Crippen LogP contribution >= 0.6 is 15.8 Å². The van der Waals surface area contributed by atoms with E-state index in [0.29, 0.717) is 12.8 Å². The second-order valence-electron chi connectivity index (χ2n) is 7.03. The van der Waals surface area contributed by atoms with Gasteiger partial charge in [0.1, 0.15) is 0 Å². The number of nitrogens with zero attached hydrogens (tertiary/aromatic N) is 2. The molecule has 0 aromatic heterocycles. The van der Waals surface area contributed by atoms with Crippen LogP contribution in [0.25, 0.3) is 0 Å². The van der Waals surface area contributed by atoms with Gasteiger partial charge < -0.3 is 0 Å². The van der Waals surface area contributed by atoms with E-state index in [-0.39, 0.29) is 21.9 Å². The minimum absolute atomic E-state index is 0.169. The number of hydrogen-bond acceptors (Lipinski definition) is 4. The highest BCUT2D eigenvalue weighted by Crippen LogP contribution is 2.42. The molecule has 0 radical (unpaired) electrons. The van der Waals surface area contributed by atoms with Gasteiger partial charge in [-0.3, -0.25) is 0 Å². The second kappa shape index (κ2) is 7.57. The largest absolute Gasteiger partial charge is 0.419 e. The molecule has 1 saturated heterocycles. The maximum Gasteiger partial charge on any atom is 0.419 e. The first-order chi connectivity index (χ1) is 13.3. The van der Waals surface area contributed by atoms with Crippen LogP contribution in [0.4, 0.5) is 0 Å². The average Bonchev–Trinajstić information content (AvgIpc) is 3.02. The fourth-order valence-electron chi connectivity index (χ4n) is 4.13. The van der Waals surface area contributed by atoms with Gasteiger partial charge in [0.15, 0.2) is 0 Å². The summed E-state index contributed by atoms with van der Waals surface area (Å²) >= 11 is 3.42. The number of benzene rings is 2. The van der Waals surface area contributed by atoms with Gasteiger partial charge in [-0.25, -0.2) is 25.3 Å². The van der Waals surface area contributed by atoms with Crippen LogP contribution in [0.3, 0.4) is 0 Å². The monoisotopic (exact) mass is 482 g/mol. The van der Waals surface area contributed by atoms with Gasteiger partial charge in [-0.2, -0.15) is 0 Å². The molecule has 10 heteroatoms. The molecule has 1 saturated carbocycles. The molecule has 0 spiro atoms. The first-order valence-electron chi connectivity index (χ1n) is 9.16. The van der Waals surface area contributed by atoms with Gasteiger partial charge in [0, 0.05) is 12.1 Å². The Kier molecular flexibility index (Phi) is 5.43. The molecule has 2 aromatic rings. The summed E-state index contributed by atoms with van der Waals surface area (Å²) in [6.45, 7) is 0. The normalized spacial score (nSPS) is 24.2. The Morgan fingerprint density at radius 1 is 0.714 bits per heavy atom. The van der Waals surface area contributed by atoms with Crippen LogP contribution < -0.4 is 0 Å². The van der Waals surface area contributed by atoms with Crippen molar-refractivity contribution >= 4 is 41.6 Å². The molecular weight excluding hydrogens is 463 g/mol. The topological polar surface area (TPSA) is 74.8 Å². The number of sulfonamides is 2. The van der Waals surface area contributed by atoms with Crippen LogP contribution in [0.15, 0.2) is 70.5 Å². The van der Waals surface area contributed by atoms with Gasteiger partial charge in [-0.05, 0) is 37.1 Å². The van der Waals surface area contributed by atoms with E-state index >= 15 is 0 Å². The van der Waals surface area contributed by atoms with Gasteiger partial charge >= 0.3 is 5.81 Å². The lowest BCUT2D eigenvalue weighted by molar-refractivity contribution is 0.278. The highest BCUT2D eigenvalue weighted by molar-refractivity contribution is 9.24. The van der Waals surface area contributed by atoms with E-state index in [9.17, 15) is 16.8 Å². The van der Waals surface area contributed by atoms with Crippen LogP contribution in [-0.4, -0.2) is 43.2 Å². The lowest BCUT2D eigenvalue weighted by Crippen LogP contribution is -2.46. The van der Waals surface area contributed by atoms with E-state index in [1.807, 2.05) is 0 Å². The molecule has 6 nitrogen and oxygen atoms in total. The smallest absolute Gasteiger partial charge is 0.208 e. The van der Waals surface area contributed by atoms with Crippen molar-refractivity contribution in [3.63, 3.8) is 0 Å². The Morgan fingerprint density at radius 3 is 1.43 bits per heavy atom. The first kappa shape index (κ1) is 20.1. The van der Waals surface area contributed by atoms with Gasteiger partial charge in [0.25, 0.3) is 0 Å². The van der Waals surface area contributed by atoms with Crippen molar-refractivity contribution in [1.29, 1.82) is 0 Å². The minimum Gasteiger partial charge on any atom is -0.208 e. The molecule has 2 atom stereocenters. The van der Waals surface area contributed by atoms with Crippen LogP contribution in [0, 0.1) is 0 Å². The predicted molar refractivity (Wildman–Crippen MR) is 112 cm³/mol. The molecule has 2 fully saturated rings. The standard InChI is InChI=1S/C18H20BBrN2O4S2/c20-19-21(27(23,24)15-9-3-1-4-10-15)17-13-7-8-14-18(17)22(19)28(25,26)16-11-5-2-6-12-16/h1-6,9-12,17-18H,7-8,13-14H2/t17-,18-/m1/s1. The number of rotatable bonds is 4. The van der Waals surface area contributed by atoms with Crippen molar-refractivity contribution in [2.24, 2.45) is 0 Å². The molecule has 148 valence electrons. The lowest BCUT2D eigenvalue weighted by atomic mass is 9.92. The minimum atomic E-state index is -3.85. The summed E-state index contributed by atoms with van der Waals surface area (Å²) in [6, 6.07) is 15.6. The zero-order valence-corrected chi connectivity index (χ0v) is 18.3. The molecule has 28 heavy (non-hydrogen) atoms. The maximum absolute atomic E-state index is 13.4. The summed E-state index contributed by atoms with van der Waals surface area (Å²) in [4.78, 5) is 0.338. The summed E-state index contributed by atoms with van der Waals surface area (Å²) in [5, 5.41) is 0. The van der Waals surface area contributed by atoms with Crippen LogP contribution in [0.2, 0.25) is 0 Å². The first-order valence-corrected chi connectivity index (χ1v) is 13.0. The quantitative estimate of drug-likeness (QED) is 0.627. The van der Waals surface area contributed by atoms with E-state index < -0.39 is 25.9 Å². The maximum atomic E-state index is 13.4. The van der Waals surface area contributed by atoms with Crippen LogP contribution in [-0.2, 0) is 20.0 Å².